The van der Waals surface area contributed by atoms with Crippen LogP contribution in [0.2, 0.25) is 5.02 Å². The number of hydrogen-bond acceptors (Lipinski definition) is 3. The molecule has 1 aromatic rings. The van der Waals surface area contributed by atoms with Gasteiger partial charge < -0.3 is 15.4 Å². The first-order valence-corrected chi connectivity index (χ1v) is 6.56. The number of likely N-dealkylation sites (N-methyl/N-ethyl adjacent to an activating group) is 1. The van der Waals surface area contributed by atoms with Gasteiger partial charge in [0.15, 0.2) is 0 Å². The van der Waals surface area contributed by atoms with Gasteiger partial charge in [-0.25, -0.2) is 4.39 Å². The monoisotopic (exact) mass is 286 g/mol. The lowest BCUT2D eigenvalue weighted by molar-refractivity contribution is -0.120. The van der Waals surface area contributed by atoms with E-state index in [0.717, 1.165) is 6.54 Å². The second-order valence-corrected chi connectivity index (χ2v) is 4.89. The number of carbonyl (C=O) groups is 1. The van der Waals surface area contributed by atoms with Crippen LogP contribution in [-0.2, 0) is 9.53 Å². The fourth-order valence-electron chi connectivity index (χ4n) is 2.14. The summed E-state index contributed by atoms with van der Waals surface area (Å²) in [4.78, 5) is 12.1. The lowest BCUT2D eigenvalue weighted by Gasteiger charge is -2.17. The number of halogens is 2. The highest BCUT2D eigenvalue weighted by Gasteiger charge is 2.33. The molecule has 19 heavy (non-hydrogen) atoms. The van der Waals surface area contributed by atoms with Crippen LogP contribution in [-0.4, -0.2) is 31.7 Å². The number of ether oxygens (including phenoxy) is 1. The third-order valence-electron chi connectivity index (χ3n) is 3.01. The van der Waals surface area contributed by atoms with E-state index in [4.69, 9.17) is 16.3 Å². The summed E-state index contributed by atoms with van der Waals surface area (Å²) >= 11 is 5.74. The molecule has 0 saturated carbocycles. The molecule has 0 spiro atoms. The molecule has 0 radical (unpaired) electrons. The molecule has 2 unspecified atom stereocenters. The molecule has 0 aromatic heterocycles. The van der Waals surface area contributed by atoms with Crippen molar-refractivity contribution in [2.45, 2.75) is 13.0 Å². The molecule has 2 N–H and O–H groups in total. The SMILES string of the molecule is CCNC1COCC1C(=O)Nc1cc(F)cc(Cl)c1. The van der Waals surface area contributed by atoms with Crippen molar-refractivity contribution >= 4 is 23.2 Å². The van der Waals surface area contributed by atoms with Gasteiger partial charge in [0.2, 0.25) is 5.91 Å². The molecule has 1 aliphatic heterocycles. The molecule has 1 heterocycles. The molecular formula is C13H16ClFN2O2. The van der Waals surface area contributed by atoms with E-state index in [0.29, 0.717) is 18.9 Å². The number of anilines is 1. The van der Waals surface area contributed by atoms with E-state index >= 15 is 0 Å². The van der Waals surface area contributed by atoms with Crippen LogP contribution in [0.3, 0.4) is 0 Å². The highest BCUT2D eigenvalue weighted by Crippen LogP contribution is 2.21. The minimum absolute atomic E-state index is 0.00553. The Bertz CT molecular complexity index is 450. The van der Waals surface area contributed by atoms with E-state index in [-0.39, 0.29) is 22.9 Å². The van der Waals surface area contributed by atoms with Crippen molar-refractivity contribution in [3.05, 3.63) is 29.0 Å². The van der Waals surface area contributed by atoms with Gasteiger partial charge in [0.05, 0.1) is 19.1 Å². The third kappa shape index (κ3) is 3.65. The molecule has 1 amide bonds. The van der Waals surface area contributed by atoms with Crippen molar-refractivity contribution in [2.24, 2.45) is 5.92 Å². The second kappa shape index (κ2) is 6.32. The molecule has 6 heteroatoms. The topological polar surface area (TPSA) is 50.4 Å². The first-order valence-electron chi connectivity index (χ1n) is 6.18. The zero-order valence-electron chi connectivity index (χ0n) is 10.6. The van der Waals surface area contributed by atoms with Gasteiger partial charge in [0.25, 0.3) is 0 Å². The first-order chi connectivity index (χ1) is 9.10. The van der Waals surface area contributed by atoms with Crippen LogP contribution in [0.25, 0.3) is 0 Å². The maximum Gasteiger partial charge on any atom is 0.231 e. The Kier molecular flexibility index (Phi) is 4.74. The normalized spacial score (nSPS) is 22.5. The Morgan fingerprint density at radius 1 is 1.47 bits per heavy atom. The molecule has 2 rings (SSSR count). The van der Waals surface area contributed by atoms with Crippen molar-refractivity contribution in [3.63, 3.8) is 0 Å². The average Bonchev–Trinajstić information content (AvgIpc) is 2.76. The number of amides is 1. The predicted molar refractivity (Wildman–Crippen MR) is 71.8 cm³/mol. The Morgan fingerprint density at radius 2 is 2.26 bits per heavy atom. The van der Waals surface area contributed by atoms with Gasteiger partial charge in [0.1, 0.15) is 5.82 Å². The smallest absolute Gasteiger partial charge is 0.231 e. The summed E-state index contributed by atoms with van der Waals surface area (Å²) in [5, 5.41) is 6.12. The summed E-state index contributed by atoms with van der Waals surface area (Å²) in [5.41, 5.74) is 0.358. The Balaban J connectivity index is 2.04. The minimum atomic E-state index is -0.478. The van der Waals surface area contributed by atoms with Crippen LogP contribution in [0, 0.1) is 11.7 Å². The second-order valence-electron chi connectivity index (χ2n) is 4.46. The van der Waals surface area contributed by atoms with Crippen LogP contribution in [0.4, 0.5) is 10.1 Å². The minimum Gasteiger partial charge on any atom is -0.379 e. The van der Waals surface area contributed by atoms with Gasteiger partial charge in [0, 0.05) is 16.8 Å². The standard InChI is InChI=1S/C13H16ClFN2O2/c1-2-16-12-7-19-6-11(12)13(18)17-10-4-8(14)3-9(15)5-10/h3-5,11-12,16H,2,6-7H2,1H3,(H,17,18). The van der Waals surface area contributed by atoms with E-state index in [9.17, 15) is 9.18 Å². The number of carbonyl (C=O) groups excluding carboxylic acids is 1. The number of nitrogens with one attached hydrogen (secondary N) is 2. The molecule has 0 bridgehead atoms. The van der Waals surface area contributed by atoms with Crippen LogP contribution in [0.5, 0.6) is 0 Å². The van der Waals surface area contributed by atoms with E-state index in [1.165, 1.54) is 18.2 Å². The summed E-state index contributed by atoms with van der Waals surface area (Å²) in [6, 6.07) is 3.94. The molecule has 104 valence electrons. The van der Waals surface area contributed by atoms with Gasteiger partial charge in [-0.15, -0.1) is 0 Å². The maximum absolute atomic E-state index is 13.2. The van der Waals surface area contributed by atoms with Crippen molar-refractivity contribution in [1.82, 2.24) is 5.32 Å². The Morgan fingerprint density at radius 3 is 2.95 bits per heavy atom. The van der Waals surface area contributed by atoms with Crippen LogP contribution >= 0.6 is 11.6 Å². The van der Waals surface area contributed by atoms with Gasteiger partial charge in [-0.1, -0.05) is 18.5 Å². The maximum atomic E-state index is 13.2. The third-order valence-corrected chi connectivity index (χ3v) is 3.23. The first kappa shape index (κ1) is 14.2. The molecule has 1 saturated heterocycles. The van der Waals surface area contributed by atoms with Gasteiger partial charge >= 0.3 is 0 Å². The van der Waals surface area contributed by atoms with Crippen LogP contribution < -0.4 is 10.6 Å². The summed E-state index contributed by atoms with van der Waals surface area (Å²) in [5.74, 6) is -0.944. The number of benzene rings is 1. The van der Waals surface area contributed by atoms with Crippen molar-refractivity contribution in [1.29, 1.82) is 0 Å². The molecular weight excluding hydrogens is 271 g/mol. The molecule has 1 fully saturated rings. The molecule has 1 aromatic carbocycles. The summed E-state index contributed by atoms with van der Waals surface area (Å²) in [6.07, 6.45) is 0. The van der Waals surface area contributed by atoms with E-state index in [1.807, 2.05) is 6.92 Å². The predicted octanol–water partition coefficient (Wildman–Crippen LogP) is 2.04. The quantitative estimate of drug-likeness (QED) is 0.891. The highest BCUT2D eigenvalue weighted by atomic mass is 35.5. The number of hydrogen-bond donors (Lipinski definition) is 2. The number of rotatable bonds is 4. The largest absolute Gasteiger partial charge is 0.379 e. The molecule has 0 aliphatic carbocycles. The van der Waals surface area contributed by atoms with E-state index in [1.54, 1.807) is 0 Å². The fourth-order valence-corrected chi connectivity index (χ4v) is 2.36. The van der Waals surface area contributed by atoms with Crippen molar-refractivity contribution in [3.8, 4) is 0 Å². The van der Waals surface area contributed by atoms with Gasteiger partial charge in [-0.3, -0.25) is 4.79 Å². The Hall–Kier alpha value is -1.17. The van der Waals surface area contributed by atoms with Crippen LogP contribution in [0.1, 0.15) is 6.92 Å². The molecule has 1 aliphatic rings. The zero-order chi connectivity index (χ0) is 13.8. The lowest BCUT2D eigenvalue weighted by atomic mass is 10.0. The van der Waals surface area contributed by atoms with Gasteiger partial charge in [-0.2, -0.15) is 0 Å². The lowest BCUT2D eigenvalue weighted by Crippen LogP contribution is -2.41. The zero-order valence-corrected chi connectivity index (χ0v) is 11.3. The summed E-state index contributed by atoms with van der Waals surface area (Å²) in [7, 11) is 0. The highest BCUT2D eigenvalue weighted by molar-refractivity contribution is 6.30. The molecule has 2 atom stereocenters. The fraction of sp³-hybridized carbons (Fsp3) is 0.462. The van der Waals surface area contributed by atoms with Crippen molar-refractivity contribution in [2.75, 3.05) is 25.1 Å². The van der Waals surface area contributed by atoms with Crippen LogP contribution in [0.15, 0.2) is 18.2 Å². The Labute approximate surface area is 116 Å². The molecule has 4 nitrogen and oxygen atoms in total. The van der Waals surface area contributed by atoms with E-state index in [2.05, 4.69) is 10.6 Å². The summed E-state index contributed by atoms with van der Waals surface area (Å²) in [6.45, 7) is 3.62. The van der Waals surface area contributed by atoms with Crippen molar-refractivity contribution < 1.29 is 13.9 Å². The average molecular weight is 287 g/mol. The van der Waals surface area contributed by atoms with Gasteiger partial charge in [-0.05, 0) is 24.7 Å². The van der Waals surface area contributed by atoms with E-state index < -0.39 is 5.82 Å². The summed E-state index contributed by atoms with van der Waals surface area (Å²) < 4.78 is 18.5.